The molecule has 0 saturated heterocycles. The van der Waals surface area contributed by atoms with Crippen molar-refractivity contribution in [3.63, 3.8) is 0 Å². The predicted molar refractivity (Wildman–Crippen MR) is 115 cm³/mol. The molecule has 162 valence electrons. The van der Waals surface area contributed by atoms with Crippen molar-refractivity contribution in [3.05, 3.63) is 65.2 Å². The fourth-order valence-corrected chi connectivity index (χ4v) is 3.53. The van der Waals surface area contributed by atoms with Gasteiger partial charge in [0.2, 0.25) is 0 Å². The van der Waals surface area contributed by atoms with E-state index in [-0.39, 0.29) is 22.5 Å². The highest BCUT2D eigenvalue weighted by Crippen LogP contribution is 2.37. The van der Waals surface area contributed by atoms with Crippen LogP contribution in [0.4, 0.5) is 11.4 Å². The van der Waals surface area contributed by atoms with Gasteiger partial charge in [-0.05, 0) is 42.0 Å². The SMILES string of the molecule is CN(C)c1ccc(C2=C3C(=O)N(c4ccc(C(=O)O)cc4)N=C3N(CC(=O)O)C2=O)cc1. The first-order chi connectivity index (χ1) is 15.2. The second-order valence-electron chi connectivity index (χ2n) is 7.37. The minimum absolute atomic E-state index is 0.0103. The van der Waals surface area contributed by atoms with E-state index in [1.54, 1.807) is 24.3 Å². The minimum Gasteiger partial charge on any atom is -0.480 e. The Hall–Kier alpha value is -4.47. The lowest BCUT2D eigenvalue weighted by Gasteiger charge is -2.17. The molecule has 0 radical (unpaired) electrons. The van der Waals surface area contributed by atoms with Crippen LogP contribution >= 0.6 is 0 Å². The van der Waals surface area contributed by atoms with Crippen molar-refractivity contribution in [1.29, 1.82) is 0 Å². The van der Waals surface area contributed by atoms with Gasteiger partial charge in [0, 0.05) is 19.8 Å². The highest BCUT2D eigenvalue weighted by atomic mass is 16.4. The normalized spacial score (nSPS) is 15.2. The Morgan fingerprint density at radius 2 is 1.53 bits per heavy atom. The molecule has 2 amide bonds. The summed E-state index contributed by atoms with van der Waals surface area (Å²) < 4.78 is 0. The number of carbonyl (C=O) groups is 4. The third-order valence-electron chi connectivity index (χ3n) is 5.11. The molecule has 10 heteroatoms. The fraction of sp³-hybridized carbons (Fsp3) is 0.136. The first-order valence-corrected chi connectivity index (χ1v) is 9.51. The van der Waals surface area contributed by atoms with Crippen LogP contribution in [0.25, 0.3) is 5.57 Å². The van der Waals surface area contributed by atoms with E-state index >= 15 is 0 Å². The average Bonchev–Trinajstić information content (AvgIpc) is 3.22. The summed E-state index contributed by atoms with van der Waals surface area (Å²) in [7, 11) is 3.73. The number of carbonyl (C=O) groups excluding carboxylic acids is 2. The molecule has 0 spiro atoms. The molecule has 0 fully saturated rings. The van der Waals surface area contributed by atoms with Crippen LogP contribution in [0, 0.1) is 0 Å². The molecule has 0 aliphatic carbocycles. The molecular weight excluding hydrogens is 416 g/mol. The van der Waals surface area contributed by atoms with Gasteiger partial charge in [0.15, 0.2) is 5.84 Å². The first kappa shape index (κ1) is 20.8. The predicted octanol–water partition coefficient (Wildman–Crippen LogP) is 1.49. The van der Waals surface area contributed by atoms with Crippen LogP contribution in [0.2, 0.25) is 0 Å². The molecule has 0 bridgehead atoms. The summed E-state index contributed by atoms with van der Waals surface area (Å²) in [4.78, 5) is 51.6. The molecule has 2 aliphatic rings. The topological polar surface area (TPSA) is 131 Å². The van der Waals surface area contributed by atoms with E-state index in [1.165, 1.54) is 24.3 Å². The van der Waals surface area contributed by atoms with E-state index in [0.717, 1.165) is 15.6 Å². The largest absolute Gasteiger partial charge is 0.480 e. The number of carboxylic acid groups (broad SMARTS) is 2. The maximum Gasteiger partial charge on any atom is 0.335 e. The summed E-state index contributed by atoms with van der Waals surface area (Å²) in [6.07, 6.45) is 0. The summed E-state index contributed by atoms with van der Waals surface area (Å²) in [5.41, 5.74) is 1.77. The zero-order valence-corrected chi connectivity index (χ0v) is 17.1. The van der Waals surface area contributed by atoms with E-state index < -0.39 is 30.3 Å². The molecule has 10 nitrogen and oxygen atoms in total. The lowest BCUT2D eigenvalue weighted by Crippen LogP contribution is -2.36. The molecule has 4 rings (SSSR count). The summed E-state index contributed by atoms with van der Waals surface area (Å²) in [6.45, 7) is -0.653. The van der Waals surface area contributed by atoms with Crippen LogP contribution in [0.3, 0.4) is 0 Å². The van der Waals surface area contributed by atoms with E-state index in [1.807, 2.05) is 19.0 Å². The number of benzene rings is 2. The minimum atomic E-state index is -1.25. The maximum atomic E-state index is 13.2. The third kappa shape index (κ3) is 3.37. The summed E-state index contributed by atoms with van der Waals surface area (Å²) in [6, 6.07) is 12.4. The molecule has 0 saturated carbocycles. The molecule has 0 aromatic heterocycles. The van der Waals surface area contributed by atoms with Gasteiger partial charge in [-0.25, -0.2) is 4.79 Å². The smallest absolute Gasteiger partial charge is 0.335 e. The average molecular weight is 434 g/mol. The lowest BCUT2D eigenvalue weighted by atomic mass is 10.0. The van der Waals surface area contributed by atoms with Gasteiger partial charge < -0.3 is 15.1 Å². The van der Waals surface area contributed by atoms with E-state index in [0.29, 0.717) is 11.3 Å². The summed E-state index contributed by atoms with van der Waals surface area (Å²) >= 11 is 0. The lowest BCUT2D eigenvalue weighted by molar-refractivity contribution is -0.140. The van der Waals surface area contributed by atoms with Gasteiger partial charge in [0.25, 0.3) is 11.8 Å². The van der Waals surface area contributed by atoms with E-state index in [2.05, 4.69) is 5.10 Å². The Labute approximate surface area is 182 Å². The standard InChI is InChI=1S/C22H18N4O6/c1-24(2)14-7-3-12(4-8-14)17-18-19(25(20(17)29)11-16(27)28)23-26(21(18)30)15-9-5-13(6-10-15)22(31)32/h3-10H,11H2,1-2H3,(H,27,28)(H,31,32). The molecule has 2 N–H and O–H groups in total. The maximum absolute atomic E-state index is 13.2. The number of rotatable bonds is 6. The Morgan fingerprint density at radius 3 is 2.06 bits per heavy atom. The second-order valence-corrected chi connectivity index (χ2v) is 7.37. The van der Waals surface area contributed by atoms with Gasteiger partial charge in [0.05, 0.1) is 22.4 Å². The highest BCUT2D eigenvalue weighted by molar-refractivity contribution is 6.48. The van der Waals surface area contributed by atoms with Gasteiger partial charge in [0.1, 0.15) is 6.54 Å². The van der Waals surface area contributed by atoms with Crippen LogP contribution < -0.4 is 9.91 Å². The van der Waals surface area contributed by atoms with Crippen molar-refractivity contribution in [3.8, 4) is 0 Å². The fourth-order valence-electron chi connectivity index (χ4n) is 3.53. The van der Waals surface area contributed by atoms with Gasteiger partial charge >= 0.3 is 11.9 Å². The molecule has 2 heterocycles. The zero-order chi connectivity index (χ0) is 23.2. The highest BCUT2D eigenvalue weighted by Gasteiger charge is 2.47. The van der Waals surface area contributed by atoms with Gasteiger partial charge in [-0.1, -0.05) is 12.1 Å². The number of hydrogen-bond acceptors (Lipinski definition) is 6. The van der Waals surface area contributed by atoms with Crippen LogP contribution in [0.15, 0.2) is 59.2 Å². The molecule has 2 aromatic rings. The number of nitrogens with zero attached hydrogens (tertiary/aromatic N) is 4. The molecular formula is C22H18N4O6. The number of hydrazone groups is 1. The third-order valence-corrected chi connectivity index (χ3v) is 5.11. The van der Waals surface area contributed by atoms with Crippen LogP contribution in [0.5, 0.6) is 0 Å². The summed E-state index contributed by atoms with van der Waals surface area (Å²) in [5, 5.41) is 23.6. The Morgan fingerprint density at radius 1 is 0.906 bits per heavy atom. The number of anilines is 2. The zero-order valence-electron chi connectivity index (χ0n) is 17.1. The van der Waals surface area contributed by atoms with Crippen molar-refractivity contribution in [2.24, 2.45) is 5.10 Å². The summed E-state index contributed by atoms with van der Waals surface area (Å²) in [5.74, 6) is -3.63. The van der Waals surface area contributed by atoms with Crippen molar-refractivity contribution < 1.29 is 29.4 Å². The Balaban J connectivity index is 1.80. The van der Waals surface area contributed by atoms with Crippen molar-refractivity contribution in [2.75, 3.05) is 30.5 Å². The number of hydrogen-bond donors (Lipinski definition) is 2. The number of fused-ring (bicyclic) bond motifs is 1. The molecule has 0 unspecified atom stereocenters. The molecule has 2 aromatic carbocycles. The van der Waals surface area contributed by atoms with E-state index in [4.69, 9.17) is 5.11 Å². The number of amides is 2. The van der Waals surface area contributed by atoms with Crippen LogP contribution in [-0.2, 0) is 14.4 Å². The number of carboxylic acids is 2. The van der Waals surface area contributed by atoms with Crippen LogP contribution in [-0.4, -0.2) is 65.3 Å². The first-order valence-electron chi connectivity index (χ1n) is 9.51. The number of aliphatic carboxylic acids is 1. The number of amidine groups is 1. The monoisotopic (exact) mass is 434 g/mol. The Bertz CT molecular complexity index is 1210. The van der Waals surface area contributed by atoms with Gasteiger partial charge in [-0.15, -0.1) is 5.10 Å². The van der Waals surface area contributed by atoms with Crippen molar-refractivity contribution in [1.82, 2.24) is 4.90 Å². The number of aromatic carboxylic acids is 1. The van der Waals surface area contributed by atoms with E-state index in [9.17, 15) is 24.3 Å². The second kappa shape index (κ2) is 7.65. The van der Waals surface area contributed by atoms with Crippen LogP contribution in [0.1, 0.15) is 15.9 Å². The van der Waals surface area contributed by atoms with Crippen molar-refractivity contribution in [2.45, 2.75) is 0 Å². The quantitative estimate of drug-likeness (QED) is 0.704. The van der Waals surface area contributed by atoms with Gasteiger partial charge in [-0.2, -0.15) is 5.01 Å². The van der Waals surface area contributed by atoms with Gasteiger partial charge in [-0.3, -0.25) is 19.3 Å². The Kier molecular flexibility index (Phi) is 4.97. The van der Waals surface area contributed by atoms with Crippen molar-refractivity contribution >= 4 is 46.5 Å². The molecule has 0 atom stereocenters. The molecule has 32 heavy (non-hydrogen) atoms. The molecule has 2 aliphatic heterocycles.